The lowest BCUT2D eigenvalue weighted by Crippen LogP contribution is -2.28. The monoisotopic (exact) mass is 381 g/mol. The minimum atomic E-state index is -0.493. The van der Waals surface area contributed by atoms with Gasteiger partial charge in [0.15, 0.2) is 11.5 Å². The number of methoxy groups -OCH3 is 3. The summed E-state index contributed by atoms with van der Waals surface area (Å²) in [5.74, 6) is 1.28. The highest BCUT2D eigenvalue weighted by molar-refractivity contribution is 5.97. The van der Waals surface area contributed by atoms with Crippen LogP contribution in [0.5, 0.6) is 17.2 Å². The van der Waals surface area contributed by atoms with Gasteiger partial charge in [-0.3, -0.25) is 4.79 Å². The molecule has 2 rings (SSSR count). The molecular formula is C21H23N3O4. The Hall–Kier alpha value is -3.66. The second-order valence-corrected chi connectivity index (χ2v) is 5.82. The smallest absolute Gasteiger partial charge is 0.263 e. The number of anilines is 1. The average Bonchev–Trinajstić information content (AvgIpc) is 2.73. The average molecular weight is 381 g/mol. The van der Waals surface area contributed by atoms with Crippen LogP contribution in [0.4, 0.5) is 5.69 Å². The molecule has 0 bridgehead atoms. The van der Waals surface area contributed by atoms with Gasteiger partial charge in [-0.1, -0.05) is 18.2 Å². The summed E-state index contributed by atoms with van der Waals surface area (Å²) in [5.41, 5.74) is 1.41. The van der Waals surface area contributed by atoms with Crippen molar-refractivity contribution in [2.24, 2.45) is 0 Å². The van der Waals surface area contributed by atoms with Gasteiger partial charge in [0, 0.05) is 6.20 Å². The summed E-state index contributed by atoms with van der Waals surface area (Å²) < 4.78 is 15.7. The Labute approximate surface area is 164 Å². The minimum absolute atomic E-state index is 0.0572. The molecule has 0 saturated carbocycles. The van der Waals surface area contributed by atoms with Crippen molar-refractivity contribution in [3.63, 3.8) is 0 Å². The lowest BCUT2D eigenvalue weighted by Gasteiger charge is -2.16. The molecule has 7 nitrogen and oxygen atoms in total. The Kier molecular flexibility index (Phi) is 7.28. The van der Waals surface area contributed by atoms with E-state index >= 15 is 0 Å². The van der Waals surface area contributed by atoms with E-state index in [1.54, 1.807) is 45.6 Å². The van der Waals surface area contributed by atoms with Gasteiger partial charge in [0.05, 0.1) is 33.1 Å². The van der Waals surface area contributed by atoms with Crippen LogP contribution < -0.4 is 24.8 Å². The molecule has 0 saturated heterocycles. The number of rotatable bonds is 8. The third-order valence-electron chi connectivity index (χ3n) is 4.10. The van der Waals surface area contributed by atoms with Gasteiger partial charge in [-0.2, -0.15) is 5.26 Å². The second kappa shape index (κ2) is 9.88. The van der Waals surface area contributed by atoms with Crippen LogP contribution in [0.15, 0.2) is 54.2 Å². The molecule has 7 heteroatoms. The predicted octanol–water partition coefficient (Wildman–Crippen LogP) is 3.41. The first-order valence-corrected chi connectivity index (χ1v) is 8.56. The van der Waals surface area contributed by atoms with Crippen LogP contribution in [-0.2, 0) is 4.79 Å². The number of carbonyl (C=O) groups is 1. The van der Waals surface area contributed by atoms with Crippen LogP contribution >= 0.6 is 0 Å². The summed E-state index contributed by atoms with van der Waals surface area (Å²) >= 11 is 0. The maximum Gasteiger partial charge on any atom is 0.263 e. The lowest BCUT2D eigenvalue weighted by molar-refractivity contribution is -0.117. The van der Waals surface area contributed by atoms with Crippen molar-refractivity contribution in [2.45, 2.75) is 13.0 Å². The van der Waals surface area contributed by atoms with Gasteiger partial charge < -0.3 is 24.8 Å². The molecule has 0 aromatic heterocycles. The molecule has 0 aliphatic heterocycles. The molecule has 2 aromatic carbocycles. The molecule has 28 heavy (non-hydrogen) atoms. The summed E-state index contributed by atoms with van der Waals surface area (Å²) in [6.45, 7) is 1.82. The molecule has 146 valence electrons. The molecule has 0 heterocycles. The van der Waals surface area contributed by atoms with Crippen LogP contribution in [0.1, 0.15) is 18.5 Å². The maximum absolute atomic E-state index is 12.5. The Bertz CT molecular complexity index is 903. The highest BCUT2D eigenvalue weighted by Gasteiger charge is 2.16. The molecule has 1 amide bonds. The van der Waals surface area contributed by atoms with E-state index in [1.807, 2.05) is 31.2 Å². The van der Waals surface area contributed by atoms with E-state index in [0.717, 1.165) is 5.56 Å². The third kappa shape index (κ3) is 4.95. The maximum atomic E-state index is 12.5. The van der Waals surface area contributed by atoms with Crippen LogP contribution in [0.3, 0.4) is 0 Å². The van der Waals surface area contributed by atoms with E-state index < -0.39 is 5.91 Å². The number of hydrogen-bond donors (Lipinski definition) is 2. The van der Waals surface area contributed by atoms with Crippen molar-refractivity contribution < 1.29 is 19.0 Å². The number of benzene rings is 2. The van der Waals surface area contributed by atoms with Gasteiger partial charge in [-0.05, 0) is 36.8 Å². The SMILES string of the molecule is COc1ccccc1N/C=C(/C#N)C(=O)NC(C)c1ccc(OC)c(OC)c1. The molecule has 1 unspecified atom stereocenters. The summed E-state index contributed by atoms with van der Waals surface area (Å²) in [6, 6.07) is 14.2. The van der Waals surface area contributed by atoms with Crippen molar-refractivity contribution in [3.05, 3.63) is 59.8 Å². The van der Waals surface area contributed by atoms with Gasteiger partial charge in [-0.25, -0.2) is 0 Å². The first-order valence-electron chi connectivity index (χ1n) is 8.56. The highest BCUT2D eigenvalue weighted by Crippen LogP contribution is 2.30. The van der Waals surface area contributed by atoms with Crippen LogP contribution in [0.25, 0.3) is 0 Å². The van der Waals surface area contributed by atoms with Crippen molar-refractivity contribution in [2.75, 3.05) is 26.6 Å². The van der Waals surface area contributed by atoms with Crippen molar-refractivity contribution in [1.82, 2.24) is 5.32 Å². The molecule has 2 aromatic rings. The number of para-hydroxylation sites is 2. The summed E-state index contributed by atoms with van der Waals surface area (Å²) in [6.07, 6.45) is 1.36. The molecule has 2 N–H and O–H groups in total. The first kappa shape index (κ1) is 20.6. The fraction of sp³-hybridized carbons (Fsp3) is 0.238. The Morgan fingerprint density at radius 3 is 2.36 bits per heavy atom. The van der Waals surface area contributed by atoms with Crippen LogP contribution in [0.2, 0.25) is 0 Å². The molecule has 0 aliphatic carbocycles. The minimum Gasteiger partial charge on any atom is -0.495 e. The van der Waals surface area contributed by atoms with Crippen molar-refractivity contribution in [1.29, 1.82) is 5.26 Å². The van der Waals surface area contributed by atoms with E-state index in [2.05, 4.69) is 10.6 Å². The van der Waals surface area contributed by atoms with Gasteiger partial charge in [0.25, 0.3) is 5.91 Å². The fourth-order valence-electron chi connectivity index (χ4n) is 2.54. The summed E-state index contributed by atoms with van der Waals surface area (Å²) in [7, 11) is 4.65. The Morgan fingerprint density at radius 2 is 1.71 bits per heavy atom. The second-order valence-electron chi connectivity index (χ2n) is 5.82. The summed E-state index contributed by atoms with van der Waals surface area (Å²) in [4.78, 5) is 12.5. The molecular weight excluding hydrogens is 358 g/mol. The molecule has 0 aliphatic rings. The number of carbonyl (C=O) groups excluding carboxylic acids is 1. The van der Waals surface area contributed by atoms with Crippen molar-refractivity contribution in [3.8, 4) is 23.3 Å². The van der Waals surface area contributed by atoms with Gasteiger partial charge >= 0.3 is 0 Å². The molecule has 0 fully saturated rings. The molecule has 0 radical (unpaired) electrons. The largest absolute Gasteiger partial charge is 0.495 e. The Balaban J connectivity index is 2.12. The van der Waals surface area contributed by atoms with E-state index in [4.69, 9.17) is 14.2 Å². The number of amides is 1. The Morgan fingerprint density at radius 1 is 1.04 bits per heavy atom. The van der Waals surface area contributed by atoms with Crippen molar-refractivity contribution >= 4 is 11.6 Å². The summed E-state index contributed by atoms with van der Waals surface area (Å²) in [5, 5.41) is 15.1. The number of nitrogens with zero attached hydrogens (tertiary/aromatic N) is 1. The highest BCUT2D eigenvalue weighted by atomic mass is 16.5. The number of ether oxygens (including phenoxy) is 3. The first-order chi connectivity index (χ1) is 13.5. The standard InChI is InChI=1S/C21H23N3O4/c1-14(15-9-10-19(27-3)20(11-15)28-4)24-21(25)16(12-22)13-23-17-7-5-6-8-18(17)26-2/h5-11,13-14,23H,1-4H3,(H,24,25)/b16-13-. The topological polar surface area (TPSA) is 92.6 Å². The van der Waals surface area contributed by atoms with Crippen LogP contribution in [-0.4, -0.2) is 27.2 Å². The quantitative estimate of drug-likeness (QED) is 0.538. The molecule has 1 atom stereocenters. The zero-order valence-corrected chi connectivity index (χ0v) is 16.3. The number of nitriles is 1. The normalized spacial score (nSPS) is 11.8. The predicted molar refractivity (Wildman–Crippen MR) is 106 cm³/mol. The van der Waals surface area contributed by atoms with E-state index in [0.29, 0.717) is 22.9 Å². The third-order valence-corrected chi connectivity index (χ3v) is 4.10. The lowest BCUT2D eigenvalue weighted by atomic mass is 10.1. The zero-order valence-electron chi connectivity index (χ0n) is 16.3. The van der Waals surface area contributed by atoms with Gasteiger partial charge in [0.1, 0.15) is 17.4 Å². The van der Waals surface area contributed by atoms with Crippen LogP contribution in [0, 0.1) is 11.3 Å². The van der Waals surface area contributed by atoms with E-state index in [9.17, 15) is 10.1 Å². The van der Waals surface area contributed by atoms with E-state index in [-0.39, 0.29) is 11.6 Å². The molecule has 0 spiro atoms. The van der Waals surface area contributed by atoms with Gasteiger partial charge in [0.2, 0.25) is 0 Å². The van der Waals surface area contributed by atoms with Gasteiger partial charge in [-0.15, -0.1) is 0 Å². The number of hydrogen-bond acceptors (Lipinski definition) is 6. The fourth-order valence-corrected chi connectivity index (χ4v) is 2.54. The number of nitrogens with one attached hydrogen (secondary N) is 2. The zero-order chi connectivity index (χ0) is 20.5. The van der Waals surface area contributed by atoms with E-state index in [1.165, 1.54) is 6.20 Å².